The molecule has 0 amide bonds. The molecule has 62 valence electrons. The molecule has 0 aromatic heterocycles. The van der Waals surface area contributed by atoms with Crippen molar-refractivity contribution in [2.24, 2.45) is 0 Å². The van der Waals surface area contributed by atoms with Gasteiger partial charge in [-0.1, -0.05) is 36.4 Å². The topological polar surface area (TPSA) is 0 Å². The summed E-state index contributed by atoms with van der Waals surface area (Å²) < 4.78 is 12.5. The summed E-state index contributed by atoms with van der Waals surface area (Å²) in [4.78, 5) is 0. The van der Waals surface area contributed by atoms with Gasteiger partial charge in [0.05, 0.1) is 0 Å². The number of halogens is 1. The first-order valence-corrected chi connectivity index (χ1v) is 3.78. The molecule has 0 heterocycles. The highest BCUT2D eigenvalue weighted by Crippen LogP contribution is 2.07. The molecule has 1 aromatic carbocycles. The molecule has 0 fully saturated rings. The van der Waals surface area contributed by atoms with E-state index < -0.39 is 0 Å². The van der Waals surface area contributed by atoms with Gasteiger partial charge in [-0.2, -0.15) is 0 Å². The van der Waals surface area contributed by atoms with Crippen molar-refractivity contribution in [3.63, 3.8) is 0 Å². The summed E-state index contributed by atoms with van der Waals surface area (Å²) in [6, 6.07) is 6.37. The normalized spacial score (nSPS) is 11.3. The van der Waals surface area contributed by atoms with E-state index in [9.17, 15) is 4.39 Å². The van der Waals surface area contributed by atoms with Crippen molar-refractivity contribution in [3.8, 4) is 0 Å². The van der Waals surface area contributed by atoms with E-state index in [2.05, 4.69) is 6.58 Å². The fraction of sp³-hybridized carbons (Fsp3) is 0.0909. The SMILES string of the molecule is C=C/C(C)=C/c1ccc(F)cc1. The number of allylic oxidation sites excluding steroid dienone is 2. The third kappa shape index (κ3) is 2.35. The fourth-order valence-electron chi connectivity index (χ4n) is 0.881. The summed E-state index contributed by atoms with van der Waals surface area (Å²) in [6.45, 7) is 5.59. The Balaban J connectivity index is 2.91. The van der Waals surface area contributed by atoms with Crippen LogP contribution in [0.25, 0.3) is 6.08 Å². The molecule has 0 unspecified atom stereocenters. The zero-order valence-corrected chi connectivity index (χ0v) is 7.05. The number of rotatable bonds is 2. The van der Waals surface area contributed by atoms with Crippen LogP contribution in [0.15, 0.2) is 42.5 Å². The van der Waals surface area contributed by atoms with Crippen LogP contribution in [0, 0.1) is 5.82 Å². The van der Waals surface area contributed by atoms with E-state index in [1.165, 1.54) is 12.1 Å². The average molecular weight is 162 g/mol. The number of benzene rings is 1. The van der Waals surface area contributed by atoms with Gasteiger partial charge in [0.1, 0.15) is 5.82 Å². The first-order valence-electron chi connectivity index (χ1n) is 3.78. The van der Waals surface area contributed by atoms with Crippen molar-refractivity contribution in [1.29, 1.82) is 0 Å². The molecule has 0 spiro atoms. The van der Waals surface area contributed by atoms with Crippen LogP contribution in [-0.2, 0) is 0 Å². The van der Waals surface area contributed by atoms with Crippen molar-refractivity contribution >= 4 is 6.08 Å². The fourth-order valence-corrected chi connectivity index (χ4v) is 0.881. The Labute approximate surface area is 72.0 Å². The molecular formula is C11H11F. The Hall–Kier alpha value is -1.37. The van der Waals surface area contributed by atoms with Crippen LogP contribution in [-0.4, -0.2) is 0 Å². The number of hydrogen-bond donors (Lipinski definition) is 0. The summed E-state index contributed by atoms with van der Waals surface area (Å²) in [5.41, 5.74) is 2.07. The minimum absolute atomic E-state index is 0.205. The van der Waals surface area contributed by atoms with Gasteiger partial charge in [-0.15, -0.1) is 0 Å². The molecule has 0 N–H and O–H groups in total. The van der Waals surface area contributed by atoms with Gasteiger partial charge in [0.2, 0.25) is 0 Å². The highest BCUT2D eigenvalue weighted by atomic mass is 19.1. The molecule has 0 saturated carbocycles. The first kappa shape index (κ1) is 8.72. The van der Waals surface area contributed by atoms with E-state index in [1.54, 1.807) is 18.2 Å². The van der Waals surface area contributed by atoms with Gasteiger partial charge in [0, 0.05) is 0 Å². The molecule has 0 radical (unpaired) electrons. The zero-order chi connectivity index (χ0) is 8.97. The minimum Gasteiger partial charge on any atom is -0.207 e. The molecule has 0 aliphatic carbocycles. The Bertz CT molecular complexity index is 293. The van der Waals surface area contributed by atoms with Crippen LogP contribution in [0.1, 0.15) is 12.5 Å². The molecule has 0 atom stereocenters. The van der Waals surface area contributed by atoms with Gasteiger partial charge in [-0.3, -0.25) is 0 Å². The number of hydrogen-bond acceptors (Lipinski definition) is 0. The maximum atomic E-state index is 12.5. The molecule has 0 nitrogen and oxygen atoms in total. The monoisotopic (exact) mass is 162 g/mol. The molecule has 0 aliphatic heterocycles. The second-order valence-electron chi connectivity index (χ2n) is 2.64. The summed E-state index contributed by atoms with van der Waals surface area (Å²) >= 11 is 0. The third-order valence-corrected chi connectivity index (χ3v) is 1.59. The quantitative estimate of drug-likeness (QED) is 0.584. The smallest absolute Gasteiger partial charge is 0.123 e. The lowest BCUT2D eigenvalue weighted by molar-refractivity contribution is 0.628. The second-order valence-corrected chi connectivity index (χ2v) is 2.64. The summed E-state index contributed by atoms with van der Waals surface area (Å²) in [6.07, 6.45) is 3.72. The van der Waals surface area contributed by atoms with Crippen molar-refractivity contribution in [3.05, 3.63) is 53.9 Å². The lowest BCUT2D eigenvalue weighted by atomic mass is 10.1. The van der Waals surface area contributed by atoms with Gasteiger partial charge >= 0.3 is 0 Å². The largest absolute Gasteiger partial charge is 0.207 e. The van der Waals surface area contributed by atoms with Crippen LogP contribution in [0.3, 0.4) is 0 Å². The molecule has 1 heteroatoms. The Morgan fingerprint density at radius 2 is 1.92 bits per heavy atom. The molecule has 0 saturated heterocycles. The molecular weight excluding hydrogens is 151 g/mol. The van der Waals surface area contributed by atoms with Crippen molar-refractivity contribution in [2.75, 3.05) is 0 Å². The molecule has 1 aromatic rings. The molecule has 0 aliphatic rings. The summed E-state index contributed by atoms with van der Waals surface area (Å²) in [7, 11) is 0. The van der Waals surface area contributed by atoms with Gasteiger partial charge in [0.25, 0.3) is 0 Å². The molecule has 0 bridgehead atoms. The van der Waals surface area contributed by atoms with Gasteiger partial charge in [-0.05, 0) is 24.6 Å². The highest BCUT2D eigenvalue weighted by Gasteiger charge is 1.89. The van der Waals surface area contributed by atoms with E-state index in [0.29, 0.717) is 0 Å². The summed E-state index contributed by atoms with van der Waals surface area (Å²) in [5, 5.41) is 0. The van der Waals surface area contributed by atoms with Crippen LogP contribution >= 0.6 is 0 Å². The van der Waals surface area contributed by atoms with E-state index >= 15 is 0 Å². The van der Waals surface area contributed by atoms with Gasteiger partial charge < -0.3 is 0 Å². The van der Waals surface area contributed by atoms with Gasteiger partial charge in [0.15, 0.2) is 0 Å². The van der Waals surface area contributed by atoms with E-state index in [4.69, 9.17) is 0 Å². The molecule has 1 rings (SSSR count). The van der Waals surface area contributed by atoms with Crippen molar-refractivity contribution in [2.45, 2.75) is 6.92 Å². The zero-order valence-electron chi connectivity index (χ0n) is 7.05. The third-order valence-electron chi connectivity index (χ3n) is 1.59. The highest BCUT2D eigenvalue weighted by molar-refractivity contribution is 5.54. The predicted octanol–water partition coefficient (Wildman–Crippen LogP) is 3.42. The minimum atomic E-state index is -0.205. The lowest BCUT2D eigenvalue weighted by Crippen LogP contribution is -1.75. The van der Waals surface area contributed by atoms with E-state index in [-0.39, 0.29) is 5.82 Å². The maximum absolute atomic E-state index is 12.5. The van der Waals surface area contributed by atoms with Crippen LogP contribution in [0.4, 0.5) is 4.39 Å². The Morgan fingerprint density at radius 1 is 1.33 bits per heavy atom. The van der Waals surface area contributed by atoms with Crippen LogP contribution in [0.2, 0.25) is 0 Å². The van der Waals surface area contributed by atoms with E-state index in [0.717, 1.165) is 11.1 Å². The molecule has 12 heavy (non-hydrogen) atoms. The van der Waals surface area contributed by atoms with Crippen molar-refractivity contribution < 1.29 is 4.39 Å². The van der Waals surface area contributed by atoms with Crippen molar-refractivity contribution in [1.82, 2.24) is 0 Å². The Morgan fingerprint density at radius 3 is 2.42 bits per heavy atom. The maximum Gasteiger partial charge on any atom is 0.123 e. The Kier molecular flexibility index (Phi) is 2.81. The predicted molar refractivity (Wildman–Crippen MR) is 50.2 cm³/mol. The van der Waals surface area contributed by atoms with Gasteiger partial charge in [-0.25, -0.2) is 4.39 Å². The standard InChI is InChI=1S/C11H11F/c1-3-9(2)8-10-4-6-11(12)7-5-10/h3-8H,1H2,2H3/b9-8+. The van der Waals surface area contributed by atoms with Crippen LogP contribution < -0.4 is 0 Å². The van der Waals surface area contributed by atoms with E-state index in [1.807, 2.05) is 13.0 Å². The average Bonchev–Trinajstić information content (AvgIpc) is 2.09. The lowest BCUT2D eigenvalue weighted by Gasteiger charge is -1.94. The summed E-state index contributed by atoms with van der Waals surface area (Å²) in [5.74, 6) is -0.205. The first-order chi connectivity index (χ1) is 5.72. The second kappa shape index (κ2) is 3.86. The van der Waals surface area contributed by atoms with Crippen LogP contribution in [0.5, 0.6) is 0 Å².